The number of carbonyl (C=O) groups is 1. The second-order valence-corrected chi connectivity index (χ2v) is 5.41. The summed E-state index contributed by atoms with van der Waals surface area (Å²) in [7, 11) is 1.73. The summed E-state index contributed by atoms with van der Waals surface area (Å²) in [6.07, 6.45) is 6.71. The van der Waals surface area contributed by atoms with Crippen molar-refractivity contribution in [2.45, 2.75) is 6.92 Å². The van der Waals surface area contributed by atoms with Crippen LogP contribution in [0.5, 0.6) is 0 Å². The number of anilines is 1. The molecule has 0 radical (unpaired) electrons. The predicted octanol–water partition coefficient (Wildman–Crippen LogP) is 3.73. The molecule has 4 nitrogen and oxygen atoms in total. The van der Waals surface area contributed by atoms with Crippen molar-refractivity contribution in [2.75, 3.05) is 11.9 Å². The van der Waals surface area contributed by atoms with Crippen LogP contribution in [0.4, 0.5) is 5.69 Å². The molecule has 114 valence electrons. The van der Waals surface area contributed by atoms with Crippen LogP contribution in [-0.4, -0.2) is 22.9 Å². The number of aryl methyl sites for hydroxylation is 1. The maximum absolute atomic E-state index is 12.7. The lowest BCUT2D eigenvalue weighted by Crippen LogP contribution is -2.26. The first kappa shape index (κ1) is 14.9. The van der Waals surface area contributed by atoms with Crippen LogP contribution in [0.1, 0.15) is 15.9 Å². The largest absolute Gasteiger partial charge is 0.310 e. The Hall–Kier alpha value is -3.01. The summed E-state index contributed by atoms with van der Waals surface area (Å²) < 4.78 is 0. The Balaban J connectivity index is 1.92. The van der Waals surface area contributed by atoms with Crippen molar-refractivity contribution >= 4 is 11.6 Å². The van der Waals surface area contributed by atoms with Gasteiger partial charge in [-0.1, -0.05) is 29.8 Å². The van der Waals surface area contributed by atoms with Crippen LogP contribution < -0.4 is 4.90 Å². The third-order valence-electron chi connectivity index (χ3n) is 3.67. The lowest BCUT2D eigenvalue weighted by atomic mass is 10.0. The van der Waals surface area contributed by atoms with E-state index in [0.29, 0.717) is 5.56 Å². The van der Waals surface area contributed by atoms with E-state index in [4.69, 9.17) is 0 Å². The highest BCUT2D eigenvalue weighted by Crippen LogP contribution is 2.22. The molecule has 0 aliphatic carbocycles. The van der Waals surface area contributed by atoms with Gasteiger partial charge in [0.25, 0.3) is 5.91 Å². The molecule has 23 heavy (non-hydrogen) atoms. The number of pyridine rings is 2. The Morgan fingerprint density at radius 3 is 2.57 bits per heavy atom. The molecule has 2 heterocycles. The molecule has 0 saturated carbocycles. The lowest BCUT2D eigenvalue weighted by Gasteiger charge is -2.17. The summed E-state index contributed by atoms with van der Waals surface area (Å²) in [4.78, 5) is 22.5. The molecule has 0 aliphatic rings. The standard InChI is InChI=1S/C19H17N3O/c1-14-5-3-6-15(9-14)16-10-17(12-21-11-16)19(23)22(2)18-7-4-8-20-13-18/h3-13H,1-2H3. The number of carbonyl (C=O) groups excluding carboxylic acids is 1. The number of aromatic nitrogens is 2. The zero-order valence-corrected chi connectivity index (χ0v) is 13.1. The van der Waals surface area contributed by atoms with Gasteiger partial charge in [0.2, 0.25) is 0 Å². The molecule has 0 fully saturated rings. The molecule has 0 saturated heterocycles. The van der Waals surface area contributed by atoms with Gasteiger partial charge in [-0.3, -0.25) is 14.8 Å². The quantitative estimate of drug-likeness (QED) is 0.740. The predicted molar refractivity (Wildman–Crippen MR) is 91.4 cm³/mol. The lowest BCUT2D eigenvalue weighted by molar-refractivity contribution is 0.0992. The first-order valence-electron chi connectivity index (χ1n) is 7.35. The molecule has 1 amide bonds. The molecule has 0 N–H and O–H groups in total. The van der Waals surface area contributed by atoms with Crippen molar-refractivity contribution in [3.8, 4) is 11.1 Å². The normalized spacial score (nSPS) is 10.3. The van der Waals surface area contributed by atoms with Crippen LogP contribution in [0.25, 0.3) is 11.1 Å². The van der Waals surface area contributed by atoms with E-state index < -0.39 is 0 Å². The van der Waals surface area contributed by atoms with Gasteiger partial charge in [-0.05, 0) is 30.7 Å². The van der Waals surface area contributed by atoms with Crippen molar-refractivity contribution in [1.29, 1.82) is 0 Å². The van der Waals surface area contributed by atoms with E-state index in [9.17, 15) is 4.79 Å². The highest BCUT2D eigenvalue weighted by molar-refractivity contribution is 6.06. The van der Waals surface area contributed by atoms with E-state index in [0.717, 1.165) is 16.8 Å². The first-order valence-corrected chi connectivity index (χ1v) is 7.35. The highest BCUT2D eigenvalue weighted by Gasteiger charge is 2.14. The highest BCUT2D eigenvalue weighted by atomic mass is 16.2. The number of hydrogen-bond donors (Lipinski definition) is 0. The van der Waals surface area contributed by atoms with Crippen molar-refractivity contribution in [1.82, 2.24) is 9.97 Å². The van der Waals surface area contributed by atoms with Crippen molar-refractivity contribution in [3.05, 3.63) is 78.4 Å². The molecule has 0 bridgehead atoms. The third-order valence-corrected chi connectivity index (χ3v) is 3.67. The Labute approximate surface area is 135 Å². The molecule has 4 heteroatoms. The van der Waals surface area contributed by atoms with Crippen LogP contribution in [-0.2, 0) is 0 Å². The van der Waals surface area contributed by atoms with Crippen molar-refractivity contribution < 1.29 is 4.79 Å². The Morgan fingerprint density at radius 2 is 1.83 bits per heavy atom. The first-order chi connectivity index (χ1) is 11.1. The van der Waals surface area contributed by atoms with Gasteiger partial charge in [-0.15, -0.1) is 0 Å². The van der Waals surface area contributed by atoms with E-state index in [1.165, 1.54) is 5.56 Å². The zero-order chi connectivity index (χ0) is 16.2. The van der Waals surface area contributed by atoms with E-state index >= 15 is 0 Å². The van der Waals surface area contributed by atoms with E-state index in [1.807, 2.05) is 37.3 Å². The minimum atomic E-state index is -0.111. The summed E-state index contributed by atoms with van der Waals surface area (Å²) in [6.45, 7) is 2.04. The van der Waals surface area contributed by atoms with Crippen LogP contribution >= 0.6 is 0 Å². The van der Waals surface area contributed by atoms with E-state index in [1.54, 1.807) is 42.8 Å². The fourth-order valence-corrected chi connectivity index (χ4v) is 2.40. The Morgan fingerprint density at radius 1 is 0.957 bits per heavy atom. The Bertz CT molecular complexity index is 831. The molecule has 3 rings (SSSR count). The topological polar surface area (TPSA) is 46.1 Å². The summed E-state index contributed by atoms with van der Waals surface area (Å²) >= 11 is 0. The van der Waals surface area contributed by atoms with Gasteiger partial charge < -0.3 is 4.90 Å². The minimum absolute atomic E-state index is 0.111. The fraction of sp³-hybridized carbons (Fsp3) is 0.105. The van der Waals surface area contributed by atoms with Gasteiger partial charge in [-0.25, -0.2) is 0 Å². The molecular formula is C19H17N3O. The summed E-state index contributed by atoms with van der Waals surface area (Å²) in [5, 5.41) is 0. The maximum atomic E-state index is 12.7. The van der Waals surface area contributed by atoms with Crippen LogP contribution in [0.3, 0.4) is 0 Å². The smallest absolute Gasteiger partial charge is 0.259 e. The molecule has 0 spiro atoms. The summed E-state index contributed by atoms with van der Waals surface area (Å²) in [5.74, 6) is -0.111. The van der Waals surface area contributed by atoms with Crippen molar-refractivity contribution in [3.63, 3.8) is 0 Å². The van der Waals surface area contributed by atoms with Crippen molar-refractivity contribution in [2.24, 2.45) is 0 Å². The molecular weight excluding hydrogens is 286 g/mol. The van der Waals surface area contributed by atoms with Gasteiger partial charge in [-0.2, -0.15) is 0 Å². The number of amides is 1. The SMILES string of the molecule is Cc1cccc(-c2cncc(C(=O)N(C)c3cccnc3)c2)c1. The monoisotopic (exact) mass is 303 g/mol. The van der Waals surface area contributed by atoms with Gasteiger partial charge in [0.05, 0.1) is 17.4 Å². The van der Waals surface area contributed by atoms with Gasteiger partial charge in [0.15, 0.2) is 0 Å². The van der Waals surface area contributed by atoms with Crippen LogP contribution in [0.15, 0.2) is 67.3 Å². The number of nitrogens with zero attached hydrogens (tertiary/aromatic N) is 3. The second-order valence-electron chi connectivity index (χ2n) is 5.41. The number of benzene rings is 1. The third kappa shape index (κ3) is 3.26. The number of rotatable bonds is 3. The molecule has 0 atom stereocenters. The second kappa shape index (κ2) is 6.40. The van der Waals surface area contributed by atoms with Gasteiger partial charge in [0, 0.05) is 31.2 Å². The molecule has 0 unspecified atom stereocenters. The molecule has 1 aromatic carbocycles. The van der Waals surface area contributed by atoms with Gasteiger partial charge >= 0.3 is 0 Å². The average Bonchev–Trinajstić information content (AvgIpc) is 2.61. The van der Waals surface area contributed by atoms with Crippen LogP contribution in [0, 0.1) is 6.92 Å². The minimum Gasteiger partial charge on any atom is -0.310 e. The van der Waals surface area contributed by atoms with Gasteiger partial charge in [0.1, 0.15) is 0 Å². The summed E-state index contributed by atoms with van der Waals surface area (Å²) in [6, 6.07) is 13.7. The molecule has 3 aromatic rings. The van der Waals surface area contributed by atoms with E-state index in [-0.39, 0.29) is 5.91 Å². The fourth-order valence-electron chi connectivity index (χ4n) is 2.40. The average molecular weight is 303 g/mol. The zero-order valence-electron chi connectivity index (χ0n) is 13.1. The van der Waals surface area contributed by atoms with E-state index in [2.05, 4.69) is 16.0 Å². The number of hydrogen-bond acceptors (Lipinski definition) is 3. The van der Waals surface area contributed by atoms with Crippen LogP contribution in [0.2, 0.25) is 0 Å². The molecule has 2 aromatic heterocycles. The summed E-state index contributed by atoms with van der Waals surface area (Å²) in [5.41, 5.74) is 4.45. The molecule has 0 aliphatic heterocycles. The maximum Gasteiger partial charge on any atom is 0.259 e. The Kier molecular flexibility index (Phi) is 4.15.